The molecule has 0 aromatic carbocycles. The van der Waals surface area contributed by atoms with Gasteiger partial charge in [-0.1, -0.05) is 6.42 Å². The largest absolute Gasteiger partial charge is 0.469 e. The van der Waals surface area contributed by atoms with Crippen molar-refractivity contribution in [3.8, 4) is 0 Å². The number of ether oxygens (including phenoxy) is 2. The number of carbonyl (C=O) groups excluding carboxylic acids is 1. The van der Waals surface area contributed by atoms with Crippen LogP contribution in [0.4, 0.5) is 0 Å². The van der Waals surface area contributed by atoms with Gasteiger partial charge in [0.2, 0.25) is 0 Å². The van der Waals surface area contributed by atoms with Crippen LogP contribution in [0.25, 0.3) is 0 Å². The number of esters is 1. The maximum absolute atomic E-state index is 11.3. The molecule has 2 fully saturated rings. The van der Waals surface area contributed by atoms with Crippen molar-refractivity contribution in [2.24, 2.45) is 17.8 Å². The number of hydrogen-bond donors (Lipinski definition) is 0. The topological polar surface area (TPSA) is 35.5 Å². The third-order valence-electron chi connectivity index (χ3n) is 3.46. The van der Waals surface area contributed by atoms with Crippen LogP contribution in [0.5, 0.6) is 0 Å². The van der Waals surface area contributed by atoms with Crippen LogP contribution in [0.3, 0.4) is 0 Å². The summed E-state index contributed by atoms with van der Waals surface area (Å²) in [5.41, 5.74) is 0. The molecule has 0 spiro atoms. The van der Waals surface area contributed by atoms with Crippen molar-refractivity contribution in [2.45, 2.75) is 25.4 Å². The summed E-state index contributed by atoms with van der Waals surface area (Å²) in [7, 11) is 3.20. The standard InChI is InChI=1S/C10H16O3/c1-12-7-5-3-4-6-8(7)9(6)10(11)13-2/h6-9H,3-5H2,1-2H3/t6-,7-,8-,9?/m1/s1. The van der Waals surface area contributed by atoms with E-state index in [-0.39, 0.29) is 11.9 Å². The fraction of sp³-hybridized carbons (Fsp3) is 0.900. The normalized spacial score (nSPS) is 42.3. The highest BCUT2D eigenvalue weighted by Gasteiger charge is 2.60. The fourth-order valence-electron chi connectivity index (χ4n) is 2.77. The Morgan fingerprint density at radius 1 is 1.31 bits per heavy atom. The second kappa shape index (κ2) is 3.29. The maximum atomic E-state index is 11.3. The molecule has 2 aliphatic carbocycles. The van der Waals surface area contributed by atoms with Crippen LogP contribution in [0.15, 0.2) is 0 Å². The quantitative estimate of drug-likeness (QED) is 0.605. The summed E-state index contributed by atoms with van der Waals surface area (Å²) in [6.45, 7) is 0. The van der Waals surface area contributed by atoms with Gasteiger partial charge in [-0.2, -0.15) is 0 Å². The molecule has 2 rings (SSSR count). The zero-order valence-electron chi connectivity index (χ0n) is 8.16. The first-order valence-electron chi connectivity index (χ1n) is 4.90. The molecule has 0 radical (unpaired) electrons. The van der Waals surface area contributed by atoms with Gasteiger partial charge in [0.15, 0.2) is 0 Å². The molecule has 0 aromatic rings. The molecule has 0 bridgehead atoms. The Balaban J connectivity index is 2.00. The van der Waals surface area contributed by atoms with Crippen molar-refractivity contribution < 1.29 is 14.3 Å². The van der Waals surface area contributed by atoms with Crippen molar-refractivity contribution in [1.29, 1.82) is 0 Å². The lowest BCUT2D eigenvalue weighted by Gasteiger charge is -2.18. The first-order chi connectivity index (χ1) is 6.29. The number of fused-ring (bicyclic) bond motifs is 1. The predicted octanol–water partition coefficient (Wildman–Crippen LogP) is 1.22. The number of rotatable bonds is 2. The lowest BCUT2D eigenvalue weighted by molar-refractivity contribution is -0.143. The van der Waals surface area contributed by atoms with Crippen molar-refractivity contribution in [3.63, 3.8) is 0 Å². The Hall–Kier alpha value is -0.570. The van der Waals surface area contributed by atoms with E-state index in [4.69, 9.17) is 9.47 Å². The van der Waals surface area contributed by atoms with Gasteiger partial charge in [0.05, 0.1) is 19.1 Å². The van der Waals surface area contributed by atoms with E-state index >= 15 is 0 Å². The summed E-state index contributed by atoms with van der Waals surface area (Å²) in [4.78, 5) is 11.3. The zero-order chi connectivity index (χ0) is 9.42. The lowest BCUT2D eigenvalue weighted by Crippen LogP contribution is -2.19. The van der Waals surface area contributed by atoms with Gasteiger partial charge in [-0.3, -0.25) is 4.79 Å². The first-order valence-corrected chi connectivity index (χ1v) is 4.90. The highest BCUT2D eigenvalue weighted by molar-refractivity contribution is 5.76. The average Bonchev–Trinajstić information content (AvgIpc) is 2.90. The summed E-state index contributed by atoms with van der Waals surface area (Å²) < 4.78 is 10.1. The highest BCUT2D eigenvalue weighted by Crippen LogP contribution is 2.56. The summed E-state index contributed by atoms with van der Waals surface area (Å²) >= 11 is 0. The van der Waals surface area contributed by atoms with E-state index in [0.717, 1.165) is 6.42 Å². The molecule has 3 heteroatoms. The van der Waals surface area contributed by atoms with Gasteiger partial charge >= 0.3 is 5.97 Å². The molecule has 0 heterocycles. The molecule has 0 saturated heterocycles. The molecule has 2 saturated carbocycles. The Labute approximate surface area is 78.4 Å². The lowest BCUT2D eigenvalue weighted by atomic mass is 9.98. The molecule has 4 atom stereocenters. The Kier molecular flexibility index (Phi) is 2.28. The molecule has 74 valence electrons. The van der Waals surface area contributed by atoms with Gasteiger partial charge in [0, 0.05) is 13.0 Å². The molecule has 0 amide bonds. The monoisotopic (exact) mass is 184 g/mol. The van der Waals surface area contributed by atoms with Crippen LogP contribution < -0.4 is 0 Å². The van der Waals surface area contributed by atoms with Gasteiger partial charge in [-0.15, -0.1) is 0 Å². The highest BCUT2D eigenvalue weighted by atomic mass is 16.5. The summed E-state index contributed by atoms with van der Waals surface area (Å²) in [6.07, 6.45) is 3.76. The second-order valence-electron chi connectivity index (χ2n) is 4.00. The van der Waals surface area contributed by atoms with E-state index in [9.17, 15) is 4.79 Å². The molecule has 13 heavy (non-hydrogen) atoms. The summed E-state index contributed by atoms with van der Waals surface area (Å²) in [5, 5.41) is 0. The molecule has 3 nitrogen and oxygen atoms in total. The van der Waals surface area contributed by atoms with Crippen LogP contribution in [0.1, 0.15) is 19.3 Å². The van der Waals surface area contributed by atoms with Crippen LogP contribution >= 0.6 is 0 Å². The van der Waals surface area contributed by atoms with Crippen LogP contribution in [-0.4, -0.2) is 26.3 Å². The van der Waals surface area contributed by atoms with Crippen LogP contribution in [0, 0.1) is 17.8 Å². The molecule has 2 aliphatic rings. The zero-order valence-corrected chi connectivity index (χ0v) is 8.16. The average molecular weight is 184 g/mol. The molecule has 0 aromatic heterocycles. The Morgan fingerprint density at radius 2 is 2.08 bits per heavy atom. The SMILES string of the molecule is COC(=O)C1[C@H]2[C@H](OC)CCC[C@@H]12. The predicted molar refractivity (Wildman–Crippen MR) is 47.1 cm³/mol. The summed E-state index contributed by atoms with van der Waals surface area (Å²) in [5.74, 6) is 1.09. The van der Waals surface area contributed by atoms with E-state index in [1.807, 2.05) is 0 Å². The van der Waals surface area contributed by atoms with Crippen LogP contribution in [-0.2, 0) is 14.3 Å². The molecule has 0 N–H and O–H groups in total. The minimum absolute atomic E-state index is 0.0426. The van der Waals surface area contributed by atoms with Crippen molar-refractivity contribution >= 4 is 5.97 Å². The molecule has 0 aliphatic heterocycles. The smallest absolute Gasteiger partial charge is 0.309 e. The fourth-order valence-corrected chi connectivity index (χ4v) is 2.77. The van der Waals surface area contributed by atoms with Gasteiger partial charge in [-0.05, 0) is 18.8 Å². The van der Waals surface area contributed by atoms with Gasteiger partial charge in [-0.25, -0.2) is 0 Å². The van der Waals surface area contributed by atoms with Crippen LogP contribution in [0.2, 0.25) is 0 Å². The minimum atomic E-state index is -0.0426. The number of methoxy groups -OCH3 is 2. The van der Waals surface area contributed by atoms with E-state index in [1.54, 1.807) is 7.11 Å². The van der Waals surface area contributed by atoms with Gasteiger partial charge < -0.3 is 9.47 Å². The molecular weight excluding hydrogens is 168 g/mol. The van der Waals surface area contributed by atoms with E-state index in [2.05, 4.69) is 0 Å². The van der Waals surface area contributed by atoms with E-state index in [0.29, 0.717) is 17.9 Å². The molecule has 1 unspecified atom stereocenters. The van der Waals surface area contributed by atoms with Crippen molar-refractivity contribution in [1.82, 2.24) is 0 Å². The van der Waals surface area contributed by atoms with Gasteiger partial charge in [0.25, 0.3) is 0 Å². The van der Waals surface area contributed by atoms with Gasteiger partial charge in [0.1, 0.15) is 0 Å². The number of carbonyl (C=O) groups is 1. The van der Waals surface area contributed by atoms with E-state index < -0.39 is 0 Å². The third kappa shape index (κ3) is 1.35. The third-order valence-corrected chi connectivity index (χ3v) is 3.46. The minimum Gasteiger partial charge on any atom is -0.469 e. The number of hydrogen-bond acceptors (Lipinski definition) is 3. The van der Waals surface area contributed by atoms with Crippen molar-refractivity contribution in [3.05, 3.63) is 0 Å². The molecular formula is C10H16O3. The first kappa shape index (κ1) is 9.00. The van der Waals surface area contributed by atoms with E-state index in [1.165, 1.54) is 20.0 Å². The van der Waals surface area contributed by atoms with Crippen molar-refractivity contribution in [2.75, 3.05) is 14.2 Å². The Bertz CT molecular complexity index is 214. The second-order valence-corrected chi connectivity index (χ2v) is 4.00. The summed E-state index contributed by atoms with van der Waals surface area (Å²) in [6, 6.07) is 0. The maximum Gasteiger partial charge on any atom is 0.309 e. The Morgan fingerprint density at radius 3 is 2.69 bits per heavy atom.